The number of allylic oxidation sites excluding steroid dienone is 2. The molecule has 0 atom stereocenters. The Labute approximate surface area is 179 Å². The number of fused-ring (bicyclic) bond motifs is 1. The molecule has 0 aromatic heterocycles. The number of halogens is 1. The Hall–Kier alpha value is -3.22. The van der Waals surface area contributed by atoms with E-state index in [0.29, 0.717) is 21.8 Å². The van der Waals surface area contributed by atoms with Crippen LogP contribution in [0.25, 0.3) is 0 Å². The Morgan fingerprint density at radius 2 is 1.50 bits per heavy atom. The first-order valence-corrected chi connectivity index (χ1v) is 11.0. The number of hydrogen-bond donors (Lipinski definition) is 1. The molecule has 1 aliphatic rings. The third-order valence-electron chi connectivity index (χ3n) is 4.63. The minimum absolute atomic E-state index is 0.0931. The first kappa shape index (κ1) is 20.1. The van der Waals surface area contributed by atoms with E-state index in [2.05, 4.69) is 9.71 Å². The Morgan fingerprint density at radius 3 is 2.17 bits per heavy atom. The van der Waals surface area contributed by atoms with Crippen molar-refractivity contribution in [3.05, 3.63) is 106 Å². The maximum atomic E-state index is 12.9. The first-order valence-electron chi connectivity index (χ1n) is 9.13. The van der Waals surface area contributed by atoms with E-state index in [-0.39, 0.29) is 22.1 Å². The number of carbonyl (C=O) groups excluding carboxylic acids is 1. The Bertz CT molecular complexity index is 1290. The van der Waals surface area contributed by atoms with Crippen LogP contribution < -0.4 is 5.32 Å². The lowest BCUT2D eigenvalue weighted by Gasteiger charge is -2.18. The summed E-state index contributed by atoms with van der Waals surface area (Å²) >= 11 is 5.92. The second-order valence-corrected chi connectivity index (χ2v) is 8.87. The number of anilines is 1. The van der Waals surface area contributed by atoms with Gasteiger partial charge in [-0.05, 0) is 49.4 Å². The molecule has 0 saturated heterocycles. The molecule has 1 aliphatic carbocycles. The van der Waals surface area contributed by atoms with E-state index >= 15 is 0 Å². The molecule has 3 aromatic rings. The highest BCUT2D eigenvalue weighted by Gasteiger charge is 2.26. The van der Waals surface area contributed by atoms with Crippen LogP contribution in [0.1, 0.15) is 21.5 Å². The van der Waals surface area contributed by atoms with Gasteiger partial charge in [-0.15, -0.1) is 0 Å². The Kier molecular flexibility index (Phi) is 5.28. The van der Waals surface area contributed by atoms with Gasteiger partial charge < -0.3 is 5.32 Å². The molecule has 0 spiro atoms. The molecule has 0 fully saturated rings. The minimum Gasteiger partial charge on any atom is -0.352 e. The summed E-state index contributed by atoms with van der Waals surface area (Å²) in [6.45, 7) is 1.88. The van der Waals surface area contributed by atoms with Crippen LogP contribution in [0.2, 0.25) is 5.02 Å². The van der Waals surface area contributed by atoms with E-state index in [1.807, 2.05) is 6.92 Å². The van der Waals surface area contributed by atoms with Crippen LogP contribution >= 0.6 is 11.6 Å². The summed E-state index contributed by atoms with van der Waals surface area (Å²) in [5.41, 5.74) is 2.88. The van der Waals surface area contributed by atoms with Crippen LogP contribution in [0.4, 0.5) is 5.69 Å². The molecule has 1 N–H and O–H groups in total. The van der Waals surface area contributed by atoms with Crippen molar-refractivity contribution in [1.82, 2.24) is 0 Å². The third kappa shape index (κ3) is 4.06. The third-order valence-corrected chi connectivity index (χ3v) is 6.19. The van der Waals surface area contributed by atoms with Crippen molar-refractivity contribution in [3.8, 4) is 0 Å². The number of carbonyl (C=O) groups is 1. The Balaban J connectivity index is 1.80. The molecule has 30 heavy (non-hydrogen) atoms. The summed E-state index contributed by atoms with van der Waals surface area (Å²) in [5, 5.41) is 3.61. The van der Waals surface area contributed by atoms with Crippen molar-refractivity contribution in [2.45, 2.75) is 11.8 Å². The van der Waals surface area contributed by atoms with Crippen LogP contribution in [-0.4, -0.2) is 19.9 Å². The number of rotatable bonds is 4. The number of Topliss-reactive ketones (excluding diaryl/α,β-unsaturated/α-hetero) is 1. The molecule has 0 bridgehead atoms. The van der Waals surface area contributed by atoms with Gasteiger partial charge in [0.2, 0.25) is 5.78 Å². The number of sulfonamides is 1. The smallest absolute Gasteiger partial charge is 0.282 e. The largest absolute Gasteiger partial charge is 0.352 e. The molecule has 0 heterocycles. The number of benzene rings is 3. The number of hydrogen-bond acceptors (Lipinski definition) is 4. The molecule has 5 nitrogen and oxygen atoms in total. The lowest BCUT2D eigenvalue weighted by molar-refractivity contribution is 0.103. The molecule has 7 heteroatoms. The van der Waals surface area contributed by atoms with Crippen LogP contribution in [0, 0.1) is 6.92 Å². The zero-order chi connectivity index (χ0) is 21.3. The summed E-state index contributed by atoms with van der Waals surface area (Å²) in [4.78, 5) is 13.0. The average Bonchev–Trinajstić information content (AvgIpc) is 2.73. The van der Waals surface area contributed by atoms with Gasteiger partial charge in [0.15, 0.2) is 0 Å². The highest BCUT2D eigenvalue weighted by atomic mass is 35.5. The van der Waals surface area contributed by atoms with Crippen molar-refractivity contribution >= 4 is 38.8 Å². The van der Waals surface area contributed by atoms with E-state index in [0.717, 1.165) is 5.56 Å². The van der Waals surface area contributed by atoms with E-state index in [1.54, 1.807) is 60.7 Å². The van der Waals surface area contributed by atoms with Crippen molar-refractivity contribution in [3.63, 3.8) is 0 Å². The second-order valence-electron chi connectivity index (χ2n) is 6.83. The molecule has 0 aliphatic heterocycles. The monoisotopic (exact) mass is 436 g/mol. The van der Waals surface area contributed by atoms with Crippen LogP contribution in [0.15, 0.2) is 93.9 Å². The number of aryl methyl sites for hydroxylation is 1. The maximum absolute atomic E-state index is 12.9. The lowest BCUT2D eigenvalue weighted by Crippen LogP contribution is -2.22. The molecular formula is C23H17ClN2O3S. The maximum Gasteiger partial charge on any atom is 0.282 e. The van der Waals surface area contributed by atoms with Gasteiger partial charge >= 0.3 is 0 Å². The lowest BCUT2D eigenvalue weighted by atomic mass is 9.92. The molecule has 0 saturated carbocycles. The zero-order valence-electron chi connectivity index (χ0n) is 16.0. The summed E-state index contributed by atoms with van der Waals surface area (Å²) < 4.78 is 29.8. The Morgan fingerprint density at radius 1 is 0.867 bits per heavy atom. The molecular weight excluding hydrogens is 420 g/mol. The quantitative estimate of drug-likeness (QED) is 0.623. The first-order chi connectivity index (χ1) is 14.3. The van der Waals surface area contributed by atoms with E-state index < -0.39 is 10.0 Å². The predicted octanol–water partition coefficient (Wildman–Crippen LogP) is 5.02. The number of nitrogens with one attached hydrogen (secondary N) is 1. The van der Waals surface area contributed by atoms with Crippen LogP contribution in [0.5, 0.6) is 0 Å². The van der Waals surface area contributed by atoms with Crippen molar-refractivity contribution in [1.29, 1.82) is 0 Å². The molecule has 150 valence electrons. The van der Waals surface area contributed by atoms with Gasteiger partial charge in [0.25, 0.3) is 10.0 Å². The highest BCUT2D eigenvalue weighted by Crippen LogP contribution is 2.25. The van der Waals surface area contributed by atoms with Gasteiger partial charge in [0.1, 0.15) is 0 Å². The zero-order valence-corrected chi connectivity index (χ0v) is 17.5. The molecule has 3 aromatic carbocycles. The summed E-state index contributed by atoms with van der Waals surface area (Å²) in [5.74, 6) is -0.243. The summed E-state index contributed by atoms with van der Waals surface area (Å²) in [6.07, 6.45) is 1.46. The van der Waals surface area contributed by atoms with Crippen molar-refractivity contribution < 1.29 is 13.2 Å². The van der Waals surface area contributed by atoms with Crippen LogP contribution in [-0.2, 0) is 10.0 Å². The van der Waals surface area contributed by atoms with Crippen LogP contribution in [0.3, 0.4) is 0 Å². The van der Waals surface area contributed by atoms with Crippen molar-refractivity contribution in [2.75, 3.05) is 5.32 Å². The predicted molar refractivity (Wildman–Crippen MR) is 119 cm³/mol. The molecule has 0 radical (unpaired) electrons. The van der Waals surface area contributed by atoms with E-state index in [1.165, 1.54) is 18.2 Å². The molecule has 0 unspecified atom stereocenters. The molecule has 0 amide bonds. The number of nitrogens with zero attached hydrogens (tertiary/aromatic N) is 1. The standard InChI is InChI=1S/C23H17ClN2O3S/c1-15-6-12-18(13-7-15)30(28,29)26-21-14-22(25-17-10-8-16(24)9-11-17)23(27)20-5-3-2-4-19(20)21/h2-14,25H,1H3. The minimum atomic E-state index is -3.95. The van der Waals surface area contributed by atoms with E-state index in [4.69, 9.17) is 11.6 Å². The van der Waals surface area contributed by atoms with Crippen molar-refractivity contribution in [2.24, 2.45) is 4.40 Å². The fraction of sp³-hybridized carbons (Fsp3) is 0.0435. The summed E-state index contributed by atoms with van der Waals surface area (Å²) in [7, 11) is -3.95. The van der Waals surface area contributed by atoms with Gasteiger partial charge in [-0.1, -0.05) is 53.6 Å². The van der Waals surface area contributed by atoms with E-state index in [9.17, 15) is 13.2 Å². The van der Waals surface area contributed by atoms with Gasteiger partial charge in [-0.2, -0.15) is 12.8 Å². The average molecular weight is 437 g/mol. The summed E-state index contributed by atoms with van der Waals surface area (Å²) in [6, 6.07) is 20.1. The fourth-order valence-electron chi connectivity index (χ4n) is 3.08. The topological polar surface area (TPSA) is 75.6 Å². The van der Waals surface area contributed by atoms with Gasteiger partial charge in [0, 0.05) is 21.8 Å². The molecule has 4 rings (SSSR count). The van der Waals surface area contributed by atoms with Gasteiger partial charge in [-0.3, -0.25) is 4.79 Å². The second kappa shape index (κ2) is 7.89. The normalized spacial score (nSPS) is 14.9. The van der Waals surface area contributed by atoms with Gasteiger partial charge in [0.05, 0.1) is 16.3 Å². The fourth-order valence-corrected chi connectivity index (χ4v) is 4.20. The SMILES string of the molecule is Cc1ccc(S(=O)(=O)N=C2C=C(Nc3ccc(Cl)cc3)C(=O)c3ccccc32)cc1. The number of ketones is 1. The highest BCUT2D eigenvalue weighted by molar-refractivity contribution is 7.90. The van der Waals surface area contributed by atoms with Gasteiger partial charge in [-0.25, -0.2) is 0 Å².